The SMILES string of the molecule is CCCCCn1c(=O)n2c(C(F)(F)F)nnc2c2[nH]c(Br)nc21. The fourth-order valence-corrected chi connectivity index (χ4v) is 2.80. The number of rotatable bonds is 4. The molecule has 11 heteroatoms. The highest BCUT2D eigenvalue weighted by atomic mass is 79.9. The highest BCUT2D eigenvalue weighted by Crippen LogP contribution is 2.28. The van der Waals surface area contributed by atoms with Crippen LogP contribution in [-0.2, 0) is 12.7 Å². The summed E-state index contributed by atoms with van der Waals surface area (Å²) in [5.74, 6) is -1.34. The first-order valence-electron chi connectivity index (χ1n) is 6.95. The summed E-state index contributed by atoms with van der Waals surface area (Å²) in [7, 11) is 0. The molecule has 0 aliphatic rings. The Morgan fingerprint density at radius 3 is 2.61 bits per heavy atom. The van der Waals surface area contributed by atoms with Gasteiger partial charge in [0.15, 0.2) is 16.0 Å². The maximum absolute atomic E-state index is 13.1. The Hall–Kier alpha value is -1.91. The third kappa shape index (κ3) is 2.62. The van der Waals surface area contributed by atoms with Crippen LogP contribution in [0.15, 0.2) is 9.53 Å². The van der Waals surface area contributed by atoms with E-state index < -0.39 is 17.7 Å². The predicted molar refractivity (Wildman–Crippen MR) is 79.1 cm³/mol. The number of hydrogen-bond donors (Lipinski definition) is 1. The van der Waals surface area contributed by atoms with Gasteiger partial charge in [-0.3, -0.25) is 4.57 Å². The molecular formula is C12H12BrF3N6O. The summed E-state index contributed by atoms with van der Waals surface area (Å²) in [5.41, 5.74) is -0.551. The van der Waals surface area contributed by atoms with Crippen LogP contribution in [0.4, 0.5) is 13.2 Å². The zero-order chi connectivity index (χ0) is 16.8. The molecule has 0 saturated heterocycles. The Labute approximate surface area is 135 Å². The van der Waals surface area contributed by atoms with Gasteiger partial charge in [-0.25, -0.2) is 14.2 Å². The van der Waals surface area contributed by atoms with Crippen molar-refractivity contribution in [3.05, 3.63) is 21.0 Å². The molecule has 3 rings (SSSR count). The van der Waals surface area contributed by atoms with Gasteiger partial charge < -0.3 is 4.98 Å². The molecule has 3 aromatic rings. The van der Waals surface area contributed by atoms with Gasteiger partial charge in [0.25, 0.3) is 0 Å². The second-order valence-electron chi connectivity index (χ2n) is 5.05. The topological polar surface area (TPSA) is 80.9 Å². The molecular weight excluding hydrogens is 381 g/mol. The average Bonchev–Trinajstić information content (AvgIpc) is 3.05. The van der Waals surface area contributed by atoms with Crippen molar-refractivity contribution in [3.8, 4) is 0 Å². The lowest BCUT2D eigenvalue weighted by Gasteiger charge is -2.09. The number of halogens is 4. The van der Waals surface area contributed by atoms with E-state index in [0.29, 0.717) is 15.6 Å². The number of hydrogen-bond acceptors (Lipinski definition) is 4. The molecule has 0 spiro atoms. The maximum Gasteiger partial charge on any atom is 0.452 e. The number of alkyl halides is 3. The lowest BCUT2D eigenvalue weighted by atomic mass is 10.2. The van der Waals surface area contributed by atoms with E-state index in [2.05, 4.69) is 36.1 Å². The van der Waals surface area contributed by atoms with Crippen molar-refractivity contribution in [3.63, 3.8) is 0 Å². The number of nitrogens with one attached hydrogen (secondary N) is 1. The summed E-state index contributed by atoms with van der Waals surface area (Å²) in [5, 5.41) is 6.65. The van der Waals surface area contributed by atoms with E-state index in [0.717, 1.165) is 12.8 Å². The van der Waals surface area contributed by atoms with Gasteiger partial charge in [-0.2, -0.15) is 13.2 Å². The largest absolute Gasteiger partial charge is 0.452 e. The molecule has 124 valence electrons. The third-order valence-corrected chi connectivity index (χ3v) is 3.83. The number of fused-ring (bicyclic) bond motifs is 3. The minimum absolute atomic E-state index is 0.192. The van der Waals surface area contributed by atoms with Crippen molar-refractivity contribution in [1.82, 2.24) is 29.1 Å². The molecule has 0 aromatic carbocycles. The van der Waals surface area contributed by atoms with Gasteiger partial charge in [0.05, 0.1) is 0 Å². The minimum Gasteiger partial charge on any atom is -0.328 e. The normalized spacial score (nSPS) is 12.6. The van der Waals surface area contributed by atoms with E-state index in [1.54, 1.807) is 0 Å². The summed E-state index contributed by atoms with van der Waals surface area (Å²) in [4.78, 5) is 19.5. The Balaban J connectivity index is 2.34. The van der Waals surface area contributed by atoms with Crippen LogP contribution in [-0.4, -0.2) is 29.1 Å². The molecule has 7 nitrogen and oxygen atoms in total. The lowest BCUT2D eigenvalue weighted by Crippen LogP contribution is -2.30. The number of H-pyrrole nitrogens is 1. The molecule has 23 heavy (non-hydrogen) atoms. The van der Waals surface area contributed by atoms with Crippen LogP contribution in [0.5, 0.6) is 0 Å². The smallest absolute Gasteiger partial charge is 0.328 e. The summed E-state index contributed by atoms with van der Waals surface area (Å²) in [6.45, 7) is 2.26. The maximum atomic E-state index is 13.1. The zero-order valence-corrected chi connectivity index (χ0v) is 13.6. The van der Waals surface area contributed by atoms with E-state index in [1.165, 1.54) is 4.57 Å². The van der Waals surface area contributed by atoms with Crippen LogP contribution in [0.2, 0.25) is 0 Å². The summed E-state index contributed by atoms with van der Waals surface area (Å²) in [6.07, 6.45) is -2.34. The van der Waals surface area contributed by atoms with Gasteiger partial charge >= 0.3 is 11.9 Å². The lowest BCUT2D eigenvalue weighted by molar-refractivity contribution is -0.145. The second-order valence-corrected chi connectivity index (χ2v) is 5.80. The molecule has 0 aliphatic carbocycles. The molecule has 3 heterocycles. The van der Waals surface area contributed by atoms with Crippen LogP contribution < -0.4 is 5.69 Å². The monoisotopic (exact) mass is 392 g/mol. The average molecular weight is 393 g/mol. The van der Waals surface area contributed by atoms with Crippen molar-refractivity contribution in [2.75, 3.05) is 0 Å². The van der Waals surface area contributed by atoms with Crippen molar-refractivity contribution in [1.29, 1.82) is 0 Å². The first-order valence-corrected chi connectivity index (χ1v) is 7.74. The number of aromatic nitrogens is 6. The van der Waals surface area contributed by atoms with Crippen molar-refractivity contribution in [2.24, 2.45) is 0 Å². The molecule has 1 N–H and O–H groups in total. The Morgan fingerprint density at radius 2 is 1.96 bits per heavy atom. The highest BCUT2D eigenvalue weighted by molar-refractivity contribution is 9.10. The van der Waals surface area contributed by atoms with E-state index in [-0.39, 0.29) is 23.4 Å². The summed E-state index contributed by atoms with van der Waals surface area (Å²) in [6, 6.07) is 0. The van der Waals surface area contributed by atoms with Gasteiger partial charge in [-0.1, -0.05) is 19.8 Å². The van der Waals surface area contributed by atoms with Crippen LogP contribution in [0.25, 0.3) is 16.8 Å². The Kier molecular flexibility index (Phi) is 3.90. The molecule has 0 amide bonds. The molecule has 0 aliphatic heterocycles. The zero-order valence-electron chi connectivity index (χ0n) is 12.0. The van der Waals surface area contributed by atoms with E-state index in [1.807, 2.05) is 6.92 Å². The van der Waals surface area contributed by atoms with Gasteiger partial charge in [0.2, 0.25) is 5.82 Å². The third-order valence-electron chi connectivity index (χ3n) is 3.46. The van der Waals surface area contributed by atoms with Crippen LogP contribution in [0.1, 0.15) is 32.0 Å². The van der Waals surface area contributed by atoms with Crippen LogP contribution in [0, 0.1) is 0 Å². The van der Waals surface area contributed by atoms with Crippen LogP contribution >= 0.6 is 15.9 Å². The van der Waals surface area contributed by atoms with Crippen molar-refractivity contribution >= 4 is 32.7 Å². The summed E-state index contributed by atoms with van der Waals surface area (Å²) >= 11 is 3.14. The molecule has 0 saturated carbocycles. The number of unbranched alkanes of at least 4 members (excludes halogenated alkanes) is 2. The minimum atomic E-state index is -4.77. The van der Waals surface area contributed by atoms with Crippen LogP contribution in [0.3, 0.4) is 0 Å². The van der Waals surface area contributed by atoms with Gasteiger partial charge in [-0.15, -0.1) is 10.2 Å². The molecule has 0 radical (unpaired) electrons. The van der Waals surface area contributed by atoms with E-state index in [9.17, 15) is 18.0 Å². The summed E-state index contributed by atoms with van der Waals surface area (Å²) < 4.78 is 41.2. The molecule has 3 aromatic heterocycles. The quantitative estimate of drug-likeness (QED) is 0.546. The first-order chi connectivity index (χ1) is 10.8. The number of imidazole rings is 1. The number of aryl methyl sites for hydroxylation is 1. The second kappa shape index (κ2) is 5.62. The fraction of sp³-hybridized carbons (Fsp3) is 0.500. The predicted octanol–water partition coefficient (Wildman–Crippen LogP) is 2.74. The van der Waals surface area contributed by atoms with Gasteiger partial charge in [-0.05, 0) is 22.4 Å². The Bertz CT molecular complexity index is 925. The highest BCUT2D eigenvalue weighted by Gasteiger charge is 2.38. The number of nitrogens with zero attached hydrogens (tertiary/aromatic N) is 5. The molecule has 0 unspecified atom stereocenters. The van der Waals surface area contributed by atoms with Gasteiger partial charge in [0, 0.05) is 6.54 Å². The molecule has 0 bridgehead atoms. The van der Waals surface area contributed by atoms with E-state index >= 15 is 0 Å². The first kappa shape index (κ1) is 16.0. The fourth-order valence-electron chi connectivity index (χ4n) is 2.43. The molecule has 0 atom stereocenters. The van der Waals surface area contributed by atoms with Crippen molar-refractivity contribution < 1.29 is 13.2 Å². The standard InChI is InChI=1S/C12H12BrF3N6O/c1-2-3-4-5-21-7-6(17-10(13)18-7)8-19-20-9(12(14,15)16)22(8)11(21)23/h2-5H2,1H3,(H,17,18). The molecule has 0 fully saturated rings. The Morgan fingerprint density at radius 1 is 1.22 bits per heavy atom. The number of aromatic amines is 1. The van der Waals surface area contributed by atoms with Gasteiger partial charge in [0.1, 0.15) is 5.52 Å². The van der Waals surface area contributed by atoms with Crippen molar-refractivity contribution in [2.45, 2.75) is 38.9 Å². The van der Waals surface area contributed by atoms with E-state index in [4.69, 9.17) is 0 Å².